The van der Waals surface area contributed by atoms with Gasteiger partial charge < -0.3 is 15.4 Å². The molecule has 21 heavy (non-hydrogen) atoms. The molecule has 0 fully saturated rings. The number of aromatic nitrogens is 2. The van der Waals surface area contributed by atoms with Crippen molar-refractivity contribution in [2.24, 2.45) is 0 Å². The second-order valence-electron chi connectivity index (χ2n) is 4.68. The average molecular weight is 286 g/mol. The maximum atomic E-state index is 5.35. The predicted octanol–water partition coefficient (Wildman–Crippen LogP) is 2.96. The van der Waals surface area contributed by atoms with Crippen molar-refractivity contribution in [3.63, 3.8) is 0 Å². The topological polar surface area (TPSA) is 59.1 Å². The van der Waals surface area contributed by atoms with Crippen LogP contribution in [0, 0.1) is 0 Å². The van der Waals surface area contributed by atoms with E-state index in [1.165, 1.54) is 5.56 Å². The molecule has 0 saturated heterocycles. The molecule has 1 aromatic carbocycles. The molecule has 0 spiro atoms. The predicted molar refractivity (Wildman–Crippen MR) is 86.0 cm³/mol. The standard InChI is InChI=1S/C16H22N4O/c1-3-10-18-16-19-12-9-15(20-16)17-11-8-13-6-4-5-7-14(13)21-2/h4-7,9,12H,3,8,10-11H2,1-2H3,(H2,17,18,19,20). The fourth-order valence-corrected chi connectivity index (χ4v) is 2.01. The molecule has 1 heterocycles. The molecule has 0 aliphatic rings. The second kappa shape index (κ2) is 8.09. The first-order chi connectivity index (χ1) is 10.3. The van der Waals surface area contributed by atoms with Crippen molar-refractivity contribution in [1.82, 2.24) is 9.97 Å². The van der Waals surface area contributed by atoms with Crippen molar-refractivity contribution >= 4 is 11.8 Å². The zero-order valence-electron chi connectivity index (χ0n) is 12.6. The monoisotopic (exact) mass is 286 g/mol. The lowest BCUT2D eigenvalue weighted by atomic mass is 10.1. The van der Waals surface area contributed by atoms with Crippen molar-refractivity contribution in [3.05, 3.63) is 42.1 Å². The normalized spacial score (nSPS) is 10.2. The summed E-state index contributed by atoms with van der Waals surface area (Å²) in [6, 6.07) is 9.93. The molecule has 2 N–H and O–H groups in total. The molecule has 2 rings (SSSR count). The molecule has 0 saturated carbocycles. The molecule has 5 nitrogen and oxygen atoms in total. The first kappa shape index (κ1) is 15.1. The molecule has 112 valence electrons. The number of para-hydroxylation sites is 1. The molecule has 0 amide bonds. The third-order valence-corrected chi connectivity index (χ3v) is 3.08. The minimum absolute atomic E-state index is 0.666. The number of rotatable bonds is 8. The number of anilines is 2. The fraction of sp³-hybridized carbons (Fsp3) is 0.375. The van der Waals surface area contributed by atoms with Crippen LogP contribution in [0.1, 0.15) is 18.9 Å². The number of methoxy groups -OCH3 is 1. The average Bonchev–Trinajstić information content (AvgIpc) is 2.54. The minimum Gasteiger partial charge on any atom is -0.496 e. The van der Waals surface area contributed by atoms with Gasteiger partial charge in [-0.1, -0.05) is 25.1 Å². The van der Waals surface area contributed by atoms with E-state index >= 15 is 0 Å². The lowest BCUT2D eigenvalue weighted by Crippen LogP contribution is -2.09. The summed E-state index contributed by atoms with van der Waals surface area (Å²) >= 11 is 0. The lowest BCUT2D eigenvalue weighted by molar-refractivity contribution is 0.410. The molecule has 2 aromatic rings. The second-order valence-corrected chi connectivity index (χ2v) is 4.68. The van der Waals surface area contributed by atoms with E-state index in [4.69, 9.17) is 4.74 Å². The van der Waals surface area contributed by atoms with Gasteiger partial charge >= 0.3 is 0 Å². The van der Waals surface area contributed by atoms with Gasteiger partial charge in [0.2, 0.25) is 5.95 Å². The van der Waals surface area contributed by atoms with Crippen LogP contribution in [0.2, 0.25) is 0 Å². The van der Waals surface area contributed by atoms with Gasteiger partial charge in [0.25, 0.3) is 0 Å². The number of hydrogen-bond donors (Lipinski definition) is 2. The van der Waals surface area contributed by atoms with E-state index in [1.807, 2.05) is 24.3 Å². The van der Waals surface area contributed by atoms with Crippen LogP contribution in [0.15, 0.2) is 36.5 Å². The van der Waals surface area contributed by atoms with Gasteiger partial charge in [-0.25, -0.2) is 4.98 Å². The van der Waals surface area contributed by atoms with Crippen LogP contribution in [0.5, 0.6) is 5.75 Å². The van der Waals surface area contributed by atoms with Gasteiger partial charge in [0, 0.05) is 19.3 Å². The Bertz CT molecular complexity index is 559. The highest BCUT2D eigenvalue weighted by atomic mass is 16.5. The quantitative estimate of drug-likeness (QED) is 0.781. The summed E-state index contributed by atoms with van der Waals surface area (Å²) in [5.74, 6) is 2.42. The summed E-state index contributed by atoms with van der Waals surface area (Å²) < 4.78 is 5.35. The Labute approximate surface area is 125 Å². The van der Waals surface area contributed by atoms with Gasteiger partial charge in [-0.05, 0) is 30.5 Å². The van der Waals surface area contributed by atoms with Crippen LogP contribution in [0.3, 0.4) is 0 Å². The summed E-state index contributed by atoms with van der Waals surface area (Å²) in [7, 11) is 1.70. The maximum absolute atomic E-state index is 5.35. The van der Waals surface area contributed by atoms with E-state index in [-0.39, 0.29) is 0 Å². The minimum atomic E-state index is 0.666. The zero-order valence-corrected chi connectivity index (χ0v) is 12.6. The van der Waals surface area contributed by atoms with Crippen LogP contribution in [-0.2, 0) is 6.42 Å². The number of nitrogens with one attached hydrogen (secondary N) is 2. The molecule has 0 unspecified atom stereocenters. The van der Waals surface area contributed by atoms with Crippen LogP contribution in [0.4, 0.5) is 11.8 Å². The molecule has 1 aromatic heterocycles. The van der Waals surface area contributed by atoms with Crippen molar-refractivity contribution in [2.75, 3.05) is 30.8 Å². The van der Waals surface area contributed by atoms with E-state index in [9.17, 15) is 0 Å². The Balaban J connectivity index is 1.88. The van der Waals surface area contributed by atoms with Gasteiger partial charge in [-0.2, -0.15) is 4.98 Å². The molecule has 0 atom stereocenters. The van der Waals surface area contributed by atoms with E-state index < -0.39 is 0 Å². The molecular formula is C16H22N4O. The van der Waals surface area contributed by atoms with E-state index in [1.54, 1.807) is 13.3 Å². The highest BCUT2D eigenvalue weighted by Gasteiger charge is 2.02. The summed E-state index contributed by atoms with van der Waals surface area (Å²) in [5, 5.41) is 6.49. The Kier molecular flexibility index (Phi) is 5.82. The highest BCUT2D eigenvalue weighted by Crippen LogP contribution is 2.17. The molecule has 0 radical (unpaired) electrons. The maximum Gasteiger partial charge on any atom is 0.224 e. The number of hydrogen-bond acceptors (Lipinski definition) is 5. The van der Waals surface area contributed by atoms with Gasteiger partial charge in [-0.15, -0.1) is 0 Å². The van der Waals surface area contributed by atoms with E-state index in [2.05, 4.69) is 33.6 Å². The third-order valence-electron chi connectivity index (χ3n) is 3.08. The fourth-order valence-electron chi connectivity index (χ4n) is 2.01. The molecular weight excluding hydrogens is 264 g/mol. The van der Waals surface area contributed by atoms with Gasteiger partial charge in [0.1, 0.15) is 11.6 Å². The highest BCUT2D eigenvalue weighted by molar-refractivity contribution is 5.40. The van der Waals surface area contributed by atoms with Crippen LogP contribution in [-0.4, -0.2) is 30.2 Å². The third kappa shape index (κ3) is 4.63. The molecule has 0 bridgehead atoms. The first-order valence-electron chi connectivity index (χ1n) is 7.26. The van der Waals surface area contributed by atoms with Crippen LogP contribution in [0.25, 0.3) is 0 Å². The SMILES string of the molecule is CCCNc1nccc(NCCc2ccccc2OC)n1. The number of ether oxygens (including phenoxy) is 1. The largest absolute Gasteiger partial charge is 0.496 e. The Morgan fingerprint density at radius 2 is 1.95 bits per heavy atom. The summed E-state index contributed by atoms with van der Waals surface area (Å²) in [6.45, 7) is 3.79. The van der Waals surface area contributed by atoms with Crippen molar-refractivity contribution in [1.29, 1.82) is 0 Å². The zero-order chi connectivity index (χ0) is 14.9. The van der Waals surface area contributed by atoms with E-state index in [0.717, 1.165) is 37.5 Å². The van der Waals surface area contributed by atoms with Crippen molar-refractivity contribution in [3.8, 4) is 5.75 Å². The first-order valence-corrected chi connectivity index (χ1v) is 7.26. The molecule has 0 aliphatic carbocycles. The number of nitrogens with zero attached hydrogens (tertiary/aromatic N) is 2. The smallest absolute Gasteiger partial charge is 0.224 e. The van der Waals surface area contributed by atoms with Crippen LogP contribution < -0.4 is 15.4 Å². The summed E-state index contributed by atoms with van der Waals surface area (Å²) in [6.07, 6.45) is 3.69. The summed E-state index contributed by atoms with van der Waals surface area (Å²) in [4.78, 5) is 8.61. The van der Waals surface area contributed by atoms with Gasteiger partial charge in [0.15, 0.2) is 0 Å². The summed E-state index contributed by atoms with van der Waals surface area (Å²) in [5.41, 5.74) is 1.19. The van der Waals surface area contributed by atoms with Gasteiger partial charge in [0.05, 0.1) is 7.11 Å². The molecule has 5 heteroatoms. The van der Waals surface area contributed by atoms with Crippen molar-refractivity contribution in [2.45, 2.75) is 19.8 Å². The Morgan fingerprint density at radius 1 is 1.10 bits per heavy atom. The molecule has 0 aliphatic heterocycles. The van der Waals surface area contributed by atoms with Gasteiger partial charge in [-0.3, -0.25) is 0 Å². The number of benzene rings is 1. The van der Waals surface area contributed by atoms with Crippen molar-refractivity contribution < 1.29 is 4.74 Å². The van der Waals surface area contributed by atoms with E-state index in [0.29, 0.717) is 5.95 Å². The Hall–Kier alpha value is -2.30. The lowest BCUT2D eigenvalue weighted by Gasteiger charge is -2.10. The Morgan fingerprint density at radius 3 is 2.76 bits per heavy atom. The van der Waals surface area contributed by atoms with Crippen LogP contribution >= 0.6 is 0 Å².